The molecule has 0 bridgehead atoms. The highest BCUT2D eigenvalue weighted by molar-refractivity contribution is 5.40. The summed E-state index contributed by atoms with van der Waals surface area (Å²) in [5, 5.41) is 0. The van der Waals surface area contributed by atoms with Gasteiger partial charge < -0.3 is 9.47 Å². The van der Waals surface area contributed by atoms with Crippen LogP contribution in [0.2, 0.25) is 0 Å². The normalized spacial score (nSPS) is 24.5. The van der Waals surface area contributed by atoms with E-state index in [1.807, 2.05) is 0 Å². The summed E-state index contributed by atoms with van der Waals surface area (Å²) < 4.78 is 12.9. The minimum atomic E-state index is -0.691. The fourth-order valence-electron chi connectivity index (χ4n) is 3.22. The lowest BCUT2D eigenvalue weighted by Gasteiger charge is -2.44. The van der Waals surface area contributed by atoms with E-state index in [9.17, 15) is 0 Å². The van der Waals surface area contributed by atoms with Crippen molar-refractivity contribution in [2.75, 3.05) is 6.61 Å². The Morgan fingerprint density at radius 3 is 2.25 bits per heavy atom. The summed E-state index contributed by atoms with van der Waals surface area (Å²) >= 11 is 0. The van der Waals surface area contributed by atoms with E-state index in [0.29, 0.717) is 6.61 Å². The summed E-state index contributed by atoms with van der Waals surface area (Å²) in [6.45, 7) is 16.4. The number of ether oxygens (including phenoxy) is 2. The summed E-state index contributed by atoms with van der Waals surface area (Å²) in [6, 6.07) is 0. The second kappa shape index (κ2) is 6.92. The maximum absolute atomic E-state index is 6.48. The van der Waals surface area contributed by atoms with Gasteiger partial charge in [0.05, 0.1) is 6.61 Å². The van der Waals surface area contributed by atoms with Crippen LogP contribution in [-0.2, 0) is 9.47 Å². The Morgan fingerprint density at radius 1 is 1.04 bits per heavy atom. The minimum absolute atomic E-state index is 0.0264. The molecule has 2 heteroatoms. The molecule has 24 heavy (non-hydrogen) atoms. The van der Waals surface area contributed by atoms with Crippen LogP contribution in [0.3, 0.4) is 0 Å². The van der Waals surface area contributed by atoms with E-state index in [0.717, 1.165) is 25.0 Å². The van der Waals surface area contributed by atoms with E-state index in [1.165, 1.54) is 11.1 Å². The highest BCUT2D eigenvalue weighted by Crippen LogP contribution is 2.47. The second-order valence-corrected chi connectivity index (χ2v) is 8.87. The number of hydrogen-bond acceptors (Lipinski definition) is 2. The molecule has 0 heterocycles. The van der Waals surface area contributed by atoms with Crippen molar-refractivity contribution in [2.45, 2.75) is 73.5 Å². The van der Waals surface area contributed by atoms with Crippen LogP contribution in [0.5, 0.6) is 0 Å². The molecular formula is C22H34O2. The first kappa shape index (κ1) is 19.1. The predicted molar refractivity (Wildman–Crippen MR) is 102 cm³/mol. The van der Waals surface area contributed by atoms with Crippen molar-refractivity contribution >= 4 is 0 Å². The molecule has 0 N–H and O–H groups in total. The summed E-state index contributed by atoms with van der Waals surface area (Å²) in [5.74, 6) is 0.234. The van der Waals surface area contributed by atoms with E-state index < -0.39 is 5.79 Å². The van der Waals surface area contributed by atoms with Crippen molar-refractivity contribution in [1.29, 1.82) is 0 Å². The Bertz CT molecular complexity index is 576. The molecule has 2 rings (SSSR count). The van der Waals surface area contributed by atoms with Crippen molar-refractivity contribution in [3.8, 4) is 0 Å². The molecule has 2 nitrogen and oxygen atoms in total. The maximum atomic E-state index is 6.48. The fourth-order valence-corrected chi connectivity index (χ4v) is 3.22. The van der Waals surface area contributed by atoms with E-state index >= 15 is 0 Å². The zero-order valence-electron chi connectivity index (χ0n) is 16.5. The van der Waals surface area contributed by atoms with Crippen molar-refractivity contribution in [3.63, 3.8) is 0 Å². The Balaban J connectivity index is 2.46. The van der Waals surface area contributed by atoms with Gasteiger partial charge in [0.25, 0.3) is 0 Å². The average molecular weight is 331 g/mol. The zero-order valence-corrected chi connectivity index (χ0v) is 16.5. The molecule has 2 aliphatic rings. The highest BCUT2D eigenvalue weighted by Gasteiger charge is 2.45. The highest BCUT2D eigenvalue weighted by atomic mass is 16.7. The zero-order chi connectivity index (χ0) is 18.0. The first-order valence-electron chi connectivity index (χ1n) is 9.21. The Morgan fingerprint density at radius 2 is 1.75 bits per heavy atom. The molecule has 1 atom stereocenters. The van der Waals surface area contributed by atoms with Crippen LogP contribution in [-0.4, -0.2) is 12.4 Å². The fraction of sp³-hybridized carbons (Fsp3) is 0.636. The molecule has 0 fully saturated rings. The van der Waals surface area contributed by atoms with Crippen LogP contribution in [0.25, 0.3) is 0 Å². The quantitative estimate of drug-likeness (QED) is 0.549. The lowest BCUT2D eigenvalue weighted by molar-refractivity contribution is -0.192. The Labute approximate surface area is 148 Å². The Hall–Kier alpha value is -1.28. The third kappa shape index (κ3) is 4.22. The van der Waals surface area contributed by atoms with Crippen LogP contribution in [0.15, 0.2) is 47.3 Å². The molecule has 1 unspecified atom stereocenters. The van der Waals surface area contributed by atoms with Crippen LogP contribution in [0.4, 0.5) is 0 Å². The van der Waals surface area contributed by atoms with Gasteiger partial charge in [0, 0.05) is 12.0 Å². The second-order valence-electron chi connectivity index (χ2n) is 8.87. The monoisotopic (exact) mass is 330 g/mol. The third-order valence-corrected chi connectivity index (χ3v) is 4.53. The third-order valence-electron chi connectivity index (χ3n) is 4.53. The van der Waals surface area contributed by atoms with Gasteiger partial charge in [0.1, 0.15) is 5.76 Å². The van der Waals surface area contributed by atoms with E-state index in [4.69, 9.17) is 9.47 Å². The molecule has 0 aromatic carbocycles. The topological polar surface area (TPSA) is 18.5 Å². The lowest BCUT2D eigenvalue weighted by Crippen LogP contribution is -2.44. The molecule has 0 aromatic rings. The smallest absolute Gasteiger partial charge is 0.237 e. The van der Waals surface area contributed by atoms with E-state index in [1.54, 1.807) is 0 Å². The standard InChI is InChI=1S/C22H34O2/c1-8-15-23-22(24-18-11-9-10-12-18)14-13-17(20(2,3)4)16-19(22)21(5,6)7/h9,11-13,16H,8,10,14-15H2,1-7H3. The molecule has 0 spiro atoms. The van der Waals surface area contributed by atoms with Crippen molar-refractivity contribution in [3.05, 3.63) is 47.3 Å². The predicted octanol–water partition coefficient (Wildman–Crippen LogP) is 6.32. The summed E-state index contributed by atoms with van der Waals surface area (Å²) in [4.78, 5) is 0. The molecule has 0 aromatic heterocycles. The molecule has 0 amide bonds. The van der Waals surface area contributed by atoms with Crippen molar-refractivity contribution in [2.24, 2.45) is 10.8 Å². The average Bonchev–Trinajstić information content (AvgIpc) is 2.96. The molecule has 0 saturated carbocycles. The van der Waals surface area contributed by atoms with Crippen LogP contribution < -0.4 is 0 Å². The van der Waals surface area contributed by atoms with Crippen LogP contribution >= 0.6 is 0 Å². The lowest BCUT2D eigenvalue weighted by atomic mass is 9.72. The molecule has 0 saturated heterocycles. The van der Waals surface area contributed by atoms with E-state index in [-0.39, 0.29) is 10.8 Å². The SMILES string of the molecule is CCCOC1(OC2=CCC=C2)CC=C(C(C)(C)C)C=C1C(C)(C)C. The number of allylic oxidation sites excluding steroid dienone is 5. The maximum Gasteiger partial charge on any atom is 0.237 e. The summed E-state index contributed by atoms with van der Waals surface area (Å²) in [7, 11) is 0. The Kier molecular flexibility index (Phi) is 5.49. The first-order chi connectivity index (χ1) is 11.1. The molecule has 2 aliphatic carbocycles. The van der Waals surface area contributed by atoms with Gasteiger partial charge in [-0.1, -0.05) is 66.7 Å². The van der Waals surface area contributed by atoms with Gasteiger partial charge in [-0.15, -0.1) is 0 Å². The van der Waals surface area contributed by atoms with Crippen molar-refractivity contribution < 1.29 is 9.47 Å². The minimum Gasteiger partial charge on any atom is -0.458 e. The number of hydrogen-bond donors (Lipinski definition) is 0. The van der Waals surface area contributed by atoms with Crippen LogP contribution in [0, 0.1) is 10.8 Å². The molecule has 134 valence electrons. The van der Waals surface area contributed by atoms with E-state index in [2.05, 4.69) is 78.8 Å². The number of rotatable bonds is 5. The summed E-state index contributed by atoms with van der Waals surface area (Å²) in [6.07, 6.45) is 13.6. The van der Waals surface area contributed by atoms with Gasteiger partial charge in [0.15, 0.2) is 0 Å². The van der Waals surface area contributed by atoms with Gasteiger partial charge in [-0.3, -0.25) is 0 Å². The molecule has 0 radical (unpaired) electrons. The van der Waals surface area contributed by atoms with Crippen molar-refractivity contribution in [1.82, 2.24) is 0 Å². The van der Waals surface area contributed by atoms with Gasteiger partial charge in [0.2, 0.25) is 5.79 Å². The molecular weight excluding hydrogens is 296 g/mol. The van der Waals surface area contributed by atoms with Crippen LogP contribution in [0.1, 0.15) is 67.7 Å². The summed E-state index contributed by atoms with van der Waals surface area (Å²) in [5.41, 5.74) is 2.70. The molecule has 0 aliphatic heterocycles. The van der Waals surface area contributed by atoms with Gasteiger partial charge in [-0.2, -0.15) is 0 Å². The van der Waals surface area contributed by atoms with Gasteiger partial charge in [-0.25, -0.2) is 0 Å². The largest absolute Gasteiger partial charge is 0.458 e. The first-order valence-corrected chi connectivity index (χ1v) is 9.21. The van der Waals surface area contributed by atoms with Gasteiger partial charge in [-0.05, 0) is 41.4 Å². The van der Waals surface area contributed by atoms with Gasteiger partial charge >= 0.3 is 0 Å².